The molecule has 2 aromatic heterocycles. The van der Waals surface area contributed by atoms with Gasteiger partial charge in [-0.2, -0.15) is 17.5 Å². The first-order valence-corrected chi connectivity index (χ1v) is 5.14. The van der Waals surface area contributed by atoms with Crippen LogP contribution in [0.2, 0.25) is 0 Å². The van der Waals surface area contributed by atoms with Crippen LogP contribution in [0.1, 0.15) is 27.6 Å². The molecule has 0 bridgehead atoms. The van der Waals surface area contributed by atoms with Crippen LogP contribution in [0.4, 0.5) is 0 Å². The van der Waals surface area contributed by atoms with Gasteiger partial charge >= 0.3 is 0 Å². The van der Waals surface area contributed by atoms with Crippen molar-refractivity contribution >= 4 is 34.8 Å². The molecule has 0 atom stereocenters. The molecular formula is C7H2N4OS2. The van der Waals surface area contributed by atoms with Crippen LogP contribution in [0, 0.1) is 0 Å². The van der Waals surface area contributed by atoms with Crippen LogP contribution in [0.5, 0.6) is 0 Å². The van der Waals surface area contributed by atoms with Gasteiger partial charge in [0.1, 0.15) is 11.4 Å². The average molecular weight is 222 g/mol. The van der Waals surface area contributed by atoms with E-state index in [-0.39, 0.29) is 5.78 Å². The van der Waals surface area contributed by atoms with E-state index in [1.165, 1.54) is 0 Å². The molecule has 0 saturated heterocycles. The molecule has 3 rings (SSSR count). The van der Waals surface area contributed by atoms with E-state index >= 15 is 0 Å². The van der Waals surface area contributed by atoms with Crippen LogP contribution < -0.4 is 0 Å². The zero-order valence-corrected chi connectivity index (χ0v) is 8.35. The minimum atomic E-state index is -0.204. The quantitative estimate of drug-likeness (QED) is 0.567. The van der Waals surface area contributed by atoms with Gasteiger partial charge in [-0.05, 0) is 0 Å². The topological polar surface area (TPSA) is 68.6 Å². The van der Waals surface area contributed by atoms with Crippen molar-refractivity contribution in [2.75, 3.05) is 0 Å². The molecule has 0 spiro atoms. The minimum absolute atomic E-state index is 0.204. The first-order valence-electron chi connectivity index (χ1n) is 3.68. The molecule has 0 saturated carbocycles. The largest absolute Gasteiger partial charge is 0.285 e. The minimum Gasteiger partial charge on any atom is -0.285 e. The van der Waals surface area contributed by atoms with Crippen LogP contribution in [0.25, 0.3) is 5.57 Å². The molecule has 5 nitrogen and oxygen atoms in total. The fourth-order valence-electron chi connectivity index (χ4n) is 1.30. The monoisotopic (exact) mass is 222 g/mol. The van der Waals surface area contributed by atoms with Gasteiger partial charge in [0.25, 0.3) is 0 Å². The maximum atomic E-state index is 11.7. The highest BCUT2D eigenvalue weighted by Crippen LogP contribution is 2.31. The number of aromatic nitrogens is 4. The molecule has 0 radical (unpaired) electrons. The van der Waals surface area contributed by atoms with Crippen molar-refractivity contribution < 1.29 is 4.79 Å². The number of carbonyl (C=O) groups is 1. The normalized spacial score (nSPS) is 14.0. The Morgan fingerprint density at radius 3 is 1.79 bits per heavy atom. The second-order valence-electron chi connectivity index (χ2n) is 2.73. The number of hydrogen-bond acceptors (Lipinski definition) is 7. The molecule has 0 N–H and O–H groups in total. The maximum Gasteiger partial charge on any atom is 0.236 e. The van der Waals surface area contributed by atoms with Crippen LogP contribution in [-0.4, -0.2) is 23.3 Å². The van der Waals surface area contributed by atoms with Gasteiger partial charge in [0.05, 0.1) is 23.5 Å². The Balaban J connectivity index is 2.37. The number of rotatable bonds is 0. The predicted molar refractivity (Wildman–Crippen MR) is 51.4 cm³/mol. The van der Waals surface area contributed by atoms with Crippen molar-refractivity contribution in [1.82, 2.24) is 17.5 Å². The lowest BCUT2D eigenvalue weighted by molar-refractivity contribution is 0.102. The van der Waals surface area contributed by atoms with Gasteiger partial charge in [-0.25, -0.2) is 0 Å². The first kappa shape index (κ1) is 7.89. The molecule has 0 unspecified atom stereocenters. The molecule has 2 aromatic rings. The molecule has 2 heterocycles. The molecule has 7 heteroatoms. The van der Waals surface area contributed by atoms with Gasteiger partial charge in [0, 0.05) is 5.57 Å². The fourth-order valence-corrected chi connectivity index (χ4v) is 2.44. The summed E-state index contributed by atoms with van der Waals surface area (Å²) in [6.07, 6.45) is 0. The third kappa shape index (κ3) is 0.802. The number of hydrogen-bond donors (Lipinski definition) is 0. The highest BCUT2D eigenvalue weighted by molar-refractivity contribution is 7.00. The molecule has 68 valence electrons. The summed E-state index contributed by atoms with van der Waals surface area (Å²) < 4.78 is 15.9. The summed E-state index contributed by atoms with van der Waals surface area (Å²) in [4.78, 5) is 11.7. The number of nitrogens with zero attached hydrogens (tertiary/aromatic N) is 4. The van der Waals surface area contributed by atoms with Gasteiger partial charge in [-0.15, -0.1) is 0 Å². The van der Waals surface area contributed by atoms with Crippen molar-refractivity contribution in [3.05, 3.63) is 29.4 Å². The summed E-state index contributed by atoms with van der Waals surface area (Å²) in [7, 11) is 0. The average Bonchev–Trinajstić information content (AvgIpc) is 2.82. The van der Waals surface area contributed by atoms with E-state index in [1.54, 1.807) is 0 Å². The lowest BCUT2D eigenvalue weighted by Gasteiger charge is -2.07. The third-order valence-electron chi connectivity index (χ3n) is 1.98. The van der Waals surface area contributed by atoms with Gasteiger partial charge in [-0.1, -0.05) is 6.58 Å². The number of ketones is 1. The predicted octanol–water partition coefficient (Wildman–Crippen LogP) is 0.995. The van der Waals surface area contributed by atoms with Crippen molar-refractivity contribution in [2.24, 2.45) is 0 Å². The lowest BCUT2D eigenvalue weighted by Crippen LogP contribution is -2.13. The van der Waals surface area contributed by atoms with Gasteiger partial charge in [0.2, 0.25) is 5.78 Å². The van der Waals surface area contributed by atoms with Crippen molar-refractivity contribution in [3.63, 3.8) is 0 Å². The molecule has 1 aliphatic rings. The van der Waals surface area contributed by atoms with Crippen LogP contribution in [0.3, 0.4) is 0 Å². The third-order valence-corrected chi connectivity index (χ3v) is 3.04. The first-order chi connectivity index (χ1) is 6.79. The molecule has 0 aliphatic heterocycles. The Hall–Kier alpha value is -1.47. The second kappa shape index (κ2) is 2.52. The summed E-state index contributed by atoms with van der Waals surface area (Å²) in [5.74, 6) is -0.204. The molecule has 0 fully saturated rings. The zero-order chi connectivity index (χ0) is 9.71. The van der Waals surface area contributed by atoms with Crippen LogP contribution in [0.15, 0.2) is 6.58 Å². The van der Waals surface area contributed by atoms with E-state index < -0.39 is 0 Å². The van der Waals surface area contributed by atoms with E-state index in [2.05, 4.69) is 24.1 Å². The van der Waals surface area contributed by atoms with E-state index in [4.69, 9.17) is 0 Å². The number of fused-ring (bicyclic) bond motifs is 2. The van der Waals surface area contributed by atoms with E-state index in [0.717, 1.165) is 23.5 Å². The molecular weight excluding hydrogens is 220 g/mol. The maximum absolute atomic E-state index is 11.7. The molecule has 0 aromatic carbocycles. The summed E-state index contributed by atoms with van der Waals surface area (Å²) in [6, 6.07) is 0. The Morgan fingerprint density at radius 1 is 0.857 bits per heavy atom. The SMILES string of the molecule is C=C1c2nsnc2C(=O)c2nsnc21. The Morgan fingerprint density at radius 2 is 1.29 bits per heavy atom. The highest BCUT2D eigenvalue weighted by Gasteiger charge is 2.32. The van der Waals surface area contributed by atoms with Crippen LogP contribution >= 0.6 is 23.5 Å². The summed E-state index contributed by atoms with van der Waals surface area (Å²) in [5, 5.41) is 0. The van der Waals surface area contributed by atoms with Gasteiger partial charge < -0.3 is 0 Å². The summed E-state index contributed by atoms with van der Waals surface area (Å²) >= 11 is 2.01. The molecule has 1 aliphatic carbocycles. The van der Waals surface area contributed by atoms with E-state index in [9.17, 15) is 4.79 Å². The Bertz CT molecular complexity index is 464. The standard InChI is InChI=1S/C7H2N4OS2/c1-2-3-5(10-13-8-3)7(12)6-4(2)9-14-11-6/h1H2. The van der Waals surface area contributed by atoms with Crippen molar-refractivity contribution in [1.29, 1.82) is 0 Å². The molecule has 0 amide bonds. The van der Waals surface area contributed by atoms with Crippen LogP contribution in [-0.2, 0) is 0 Å². The number of carbonyl (C=O) groups excluding carboxylic acids is 1. The Kier molecular flexibility index (Phi) is 1.42. The van der Waals surface area contributed by atoms with E-state index in [1.807, 2.05) is 0 Å². The van der Waals surface area contributed by atoms with E-state index in [0.29, 0.717) is 28.3 Å². The fraction of sp³-hybridized carbons (Fsp3) is 0. The second-order valence-corrected chi connectivity index (χ2v) is 3.79. The highest BCUT2D eigenvalue weighted by atomic mass is 32.1. The van der Waals surface area contributed by atoms with Crippen molar-refractivity contribution in [3.8, 4) is 0 Å². The smallest absolute Gasteiger partial charge is 0.236 e. The van der Waals surface area contributed by atoms with Crippen molar-refractivity contribution in [2.45, 2.75) is 0 Å². The zero-order valence-electron chi connectivity index (χ0n) is 6.72. The van der Waals surface area contributed by atoms with Gasteiger partial charge in [-0.3, -0.25) is 4.79 Å². The summed E-state index contributed by atoms with van der Waals surface area (Å²) in [5.41, 5.74) is 2.41. The summed E-state index contributed by atoms with van der Waals surface area (Å²) in [6.45, 7) is 3.83. The molecule has 14 heavy (non-hydrogen) atoms. The Labute approximate surface area is 86.8 Å². The lowest BCUT2D eigenvalue weighted by atomic mass is 9.97. The van der Waals surface area contributed by atoms with Gasteiger partial charge in [0.15, 0.2) is 11.4 Å².